The third-order valence-electron chi connectivity index (χ3n) is 3.81. The second-order valence-corrected chi connectivity index (χ2v) is 4.69. The Hall–Kier alpha value is -1.42. The minimum absolute atomic E-state index is 0.0517. The summed E-state index contributed by atoms with van der Waals surface area (Å²) in [6.45, 7) is 5.67. The van der Waals surface area contributed by atoms with Crippen molar-refractivity contribution in [2.45, 2.75) is 45.3 Å². The molecule has 0 saturated carbocycles. The molecule has 0 spiro atoms. The molecule has 1 aromatic heterocycles. The molecule has 98 valence electrons. The number of likely N-dealkylation sites (tertiary alicyclic amines) is 1. The molecule has 4 heteroatoms. The van der Waals surface area contributed by atoms with Crippen LogP contribution in [0.3, 0.4) is 0 Å². The van der Waals surface area contributed by atoms with E-state index in [0.29, 0.717) is 5.92 Å². The van der Waals surface area contributed by atoms with E-state index in [0.717, 1.165) is 6.42 Å². The third kappa shape index (κ3) is 1.90. The lowest BCUT2D eigenvalue weighted by atomic mass is 9.97. The summed E-state index contributed by atoms with van der Waals surface area (Å²) >= 11 is 0. The van der Waals surface area contributed by atoms with Crippen LogP contribution in [0.4, 0.5) is 5.69 Å². The minimum atomic E-state index is 0.0517. The van der Waals surface area contributed by atoms with Gasteiger partial charge in [0.05, 0.1) is 12.2 Å². The Balaban J connectivity index is 0.000000574. The topological polar surface area (TPSA) is 45.2 Å². The first kappa shape index (κ1) is 13.0. The highest BCUT2D eigenvalue weighted by Gasteiger charge is 2.46. The average Bonchev–Trinajstić information content (AvgIpc) is 2.90. The zero-order valence-electron chi connectivity index (χ0n) is 11.5. The monoisotopic (exact) mass is 247 g/mol. The fourth-order valence-electron chi connectivity index (χ4n) is 2.96. The number of nitrogens with one attached hydrogen (secondary N) is 1. The van der Waals surface area contributed by atoms with Crippen molar-refractivity contribution in [3.8, 4) is 0 Å². The number of anilines is 1. The van der Waals surface area contributed by atoms with Gasteiger partial charge in [-0.05, 0) is 26.5 Å². The van der Waals surface area contributed by atoms with Crippen molar-refractivity contribution >= 4 is 11.5 Å². The van der Waals surface area contributed by atoms with E-state index in [1.165, 1.54) is 11.3 Å². The molecular weight excluding hydrogens is 226 g/mol. The lowest BCUT2D eigenvalue weighted by molar-refractivity contribution is -0.121. The molecule has 0 bridgehead atoms. The number of nitrogens with zero attached hydrogens (tertiary/aromatic N) is 2. The summed E-state index contributed by atoms with van der Waals surface area (Å²) < 4.78 is 0. The number of carbonyl (C=O) groups is 1. The number of aromatic nitrogens is 1. The number of ketones is 1. The largest absolute Gasteiger partial charge is 0.369 e. The first-order valence-electron chi connectivity index (χ1n) is 6.61. The molecule has 3 unspecified atom stereocenters. The highest BCUT2D eigenvalue weighted by molar-refractivity contribution is 5.82. The van der Waals surface area contributed by atoms with E-state index in [-0.39, 0.29) is 18.0 Å². The van der Waals surface area contributed by atoms with Crippen LogP contribution in [-0.4, -0.2) is 34.9 Å². The predicted molar refractivity (Wildman–Crippen MR) is 72.6 cm³/mol. The lowest BCUT2D eigenvalue weighted by Crippen LogP contribution is -2.39. The molecule has 0 aromatic carbocycles. The number of hydrogen-bond donors (Lipinski definition) is 1. The Labute approximate surface area is 108 Å². The summed E-state index contributed by atoms with van der Waals surface area (Å²) in [5.41, 5.74) is 2.42. The van der Waals surface area contributed by atoms with Crippen molar-refractivity contribution in [2.75, 3.05) is 12.4 Å². The van der Waals surface area contributed by atoms with Crippen molar-refractivity contribution < 1.29 is 4.79 Å². The maximum Gasteiger partial charge on any atom is 0.146 e. The van der Waals surface area contributed by atoms with Crippen LogP contribution in [0.25, 0.3) is 0 Å². The Kier molecular flexibility index (Phi) is 3.66. The first-order chi connectivity index (χ1) is 8.68. The van der Waals surface area contributed by atoms with Crippen molar-refractivity contribution in [3.63, 3.8) is 0 Å². The van der Waals surface area contributed by atoms with Gasteiger partial charge in [-0.1, -0.05) is 13.8 Å². The van der Waals surface area contributed by atoms with E-state index in [4.69, 9.17) is 0 Å². The molecule has 1 fully saturated rings. The molecule has 0 amide bonds. The van der Waals surface area contributed by atoms with E-state index >= 15 is 0 Å². The number of rotatable bonds is 1. The van der Waals surface area contributed by atoms with Crippen LogP contribution in [0.2, 0.25) is 0 Å². The summed E-state index contributed by atoms with van der Waals surface area (Å²) in [4.78, 5) is 17.8. The van der Waals surface area contributed by atoms with Gasteiger partial charge in [0.2, 0.25) is 0 Å². The van der Waals surface area contributed by atoms with Crippen molar-refractivity contribution in [1.82, 2.24) is 9.88 Å². The average molecular weight is 247 g/mol. The van der Waals surface area contributed by atoms with Crippen LogP contribution in [0.15, 0.2) is 18.5 Å². The molecular formula is C14H21N3O. The van der Waals surface area contributed by atoms with Crippen LogP contribution in [-0.2, 0) is 4.79 Å². The van der Waals surface area contributed by atoms with Gasteiger partial charge in [0.15, 0.2) is 0 Å². The molecule has 3 heterocycles. The van der Waals surface area contributed by atoms with E-state index in [2.05, 4.69) is 15.2 Å². The molecule has 18 heavy (non-hydrogen) atoms. The highest BCUT2D eigenvalue weighted by Crippen LogP contribution is 2.44. The van der Waals surface area contributed by atoms with Gasteiger partial charge in [0.1, 0.15) is 5.78 Å². The molecule has 4 nitrogen and oxygen atoms in total. The molecule has 2 aliphatic heterocycles. The summed E-state index contributed by atoms with van der Waals surface area (Å²) in [5.74, 6) is 0.659. The quantitative estimate of drug-likeness (QED) is 0.826. The van der Waals surface area contributed by atoms with Crippen LogP contribution < -0.4 is 5.32 Å². The number of hydrogen-bond acceptors (Lipinski definition) is 4. The summed E-state index contributed by atoms with van der Waals surface area (Å²) in [6.07, 6.45) is 4.88. The van der Waals surface area contributed by atoms with Gasteiger partial charge in [-0.15, -0.1) is 0 Å². The zero-order chi connectivity index (χ0) is 13.3. The summed E-state index contributed by atoms with van der Waals surface area (Å²) in [5, 5.41) is 3.46. The number of pyridine rings is 1. The number of carbonyl (C=O) groups excluding carboxylic acids is 1. The van der Waals surface area contributed by atoms with Crippen LogP contribution >= 0.6 is 0 Å². The SMILES string of the molecule is CC.CC(=O)C1CC2c3cnccc3NC2N1C. The third-order valence-corrected chi connectivity index (χ3v) is 3.81. The molecule has 3 rings (SSSR count). The van der Waals surface area contributed by atoms with Crippen molar-refractivity contribution in [1.29, 1.82) is 0 Å². The Morgan fingerprint density at radius 3 is 2.89 bits per heavy atom. The van der Waals surface area contributed by atoms with Gasteiger partial charge < -0.3 is 5.32 Å². The first-order valence-corrected chi connectivity index (χ1v) is 6.61. The fourth-order valence-corrected chi connectivity index (χ4v) is 2.96. The van der Waals surface area contributed by atoms with E-state index in [1.54, 1.807) is 13.1 Å². The second-order valence-electron chi connectivity index (χ2n) is 4.69. The zero-order valence-corrected chi connectivity index (χ0v) is 11.5. The maximum atomic E-state index is 11.5. The Bertz CT molecular complexity index is 446. The van der Waals surface area contributed by atoms with Crippen molar-refractivity contribution in [3.05, 3.63) is 24.0 Å². The van der Waals surface area contributed by atoms with Crippen molar-refractivity contribution in [2.24, 2.45) is 0 Å². The predicted octanol–water partition coefficient (Wildman–Crippen LogP) is 2.24. The second kappa shape index (κ2) is 5.06. The molecule has 1 saturated heterocycles. The van der Waals surface area contributed by atoms with Crippen LogP contribution in [0.5, 0.6) is 0 Å². The number of likely N-dealkylation sites (N-methyl/N-ethyl adjacent to an activating group) is 1. The van der Waals surface area contributed by atoms with Gasteiger partial charge in [0, 0.05) is 29.6 Å². The van der Waals surface area contributed by atoms with Gasteiger partial charge in [-0.3, -0.25) is 14.7 Å². The fraction of sp³-hybridized carbons (Fsp3) is 0.571. The maximum absolute atomic E-state index is 11.5. The van der Waals surface area contributed by atoms with Crippen LogP contribution in [0, 0.1) is 0 Å². The van der Waals surface area contributed by atoms with E-state index in [9.17, 15) is 4.79 Å². The molecule has 2 aliphatic rings. The standard InChI is InChI=1S/C12H15N3O.C2H6/c1-7(16)11-5-8-9-6-13-4-3-10(9)14-12(8)15(11)2;1-2/h3-4,6,8,11-12,14H,5H2,1-2H3;1-2H3. The summed E-state index contributed by atoms with van der Waals surface area (Å²) in [7, 11) is 2.02. The normalized spacial score (nSPS) is 28.8. The Morgan fingerprint density at radius 1 is 1.50 bits per heavy atom. The lowest BCUT2D eigenvalue weighted by Gasteiger charge is -2.23. The highest BCUT2D eigenvalue weighted by atomic mass is 16.1. The molecule has 0 aliphatic carbocycles. The minimum Gasteiger partial charge on any atom is -0.369 e. The Morgan fingerprint density at radius 2 is 2.22 bits per heavy atom. The molecule has 1 N–H and O–H groups in total. The number of fused-ring (bicyclic) bond motifs is 3. The van der Waals surface area contributed by atoms with Gasteiger partial charge in [0.25, 0.3) is 0 Å². The van der Waals surface area contributed by atoms with Gasteiger partial charge in [-0.2, -0.15) is 0 Å². The van der Waals surface area contributed by atoms with Gasteiger partial charge >= 0.3 is 0 Å². The molecule has 3 atom stereocenters. The smallest absolute Gasteiger partial charge is 0.146 e. The summed E-state index contributed by atoms with van der Waals surface area (Å²) in [6, 6.07) is 2.06. The number of Topliss-reactive ketones (excluding diaryl/α,β-unsaturated/α-hetero) is 1. The molecule has 0 radical (unpaired) electrons. The van der Waals surface area contributed by atoms with E-state index in [1.807, 2.05) is 33.2 Å². The van der Waals surface area contributed by atoms with E-state index < -0.39 is 0 Å². The van der Waals surface area contributed by atoms with Crippen LogP contribution in [0.1, 0.15) is 38.7 Å². The van der Waals surface area contributed by atoms with Gasteiger partial charge in [-0.25, -0.2) is 0 Å². The molecule has 1 aromatic rings.